The molecule has 4 aromatic rings. The Balaban J connectivity index is 1.22. The van der Waals surface area contributed by atoms with Gasteiger partial charge >= 0.3 is 5.97 Å². The molecule has 1 N–H and O–H groups in total. The standard InChI is InChI=1S/C30H24Cl2N2O5/c1-20(38-25-14-12-24(13-15-25)37-19-22-5-3-2-4-6-22)29(35)34-33-18-21-7-10-26(11-8-21)39-30(36)27-16-9-23(31)17-28(27)32/h2-18,20H,19H2,1H3,(H,34,35). The van der Waals surface area contributed by atoms with Gasteiger partial charge in [0.2, 0.25) is 0 Å². The molecular weight excluding hydrogens is 539 g/mol. The van der Waals surface area contributed by atoms with Gasteiger partial charge in [-0.05, 0) is 84.8 Å². The van der Waals surface area contributed by atoms with Crippen molar-refractivity contribution in [1.82, 2.24) is 5.43 Å². The van der Waals surface area contributed by atoms with Crippen LogP contribution in [0.25, 0.3) is 0 Å². The number of esters is 1. The van der Waals surface area contributed by atoms with Crippen LogP contribution in [0.5, 0.6) is 17.2 Å². The van der Waals surface area contributed by atoms with Crippen molar-refractivity contribution in [3.05, 3.63) is 124 Å². The summed E-state index contributed by atoms with van der Waals surface area (Å²) >= 11 is 11.9. The van der Waals surface area contributed by atoms with Gasteiger partial charge in [0, 0.05) is 5.02 Å². The molecule has 0 aliphatic rings. The Morgan fingerprint density at radius 1 is 0.872 bits per heavy atom. The number of rotatable bonds is 10. The van der Waals surface area contributed by atoms with Crippen molar-refractivity contribution in [3.63, 3.8) is 0 Å². The van der Waals surface area contributed by atoms with Crippen LogP contribution in [0.1, 0.15) is 28.4 Å². The van der Waals surface area contributed by atoms with E-state index < -0.39 is 18.0 Å². The van der Waals surface area contributed by atoms with Crippen molar-refractivity contribution in [1.29, 1.82) is 0 Å². The number of hydrogen-bond acceptors (Lipinski definition) is 6. The van der Waals surface area contributed by atoms with Gasteiger partial charge in [-0.25, -0.2) is 10.2 Å². The van der Waals surface area contributed by atoms with E-state index in [1.165, 1.54) is 18.3 Å². The first kappa shape index (κ1) is 27.7. The SMILES string of the molecule is CC(Oc1ccc(OCc2ccccc2)cc1)C(=O)NN=Cc1ccc(OC(=O)c2ccc(Cl)cc2Cl)cc1. The summed E-state index contributed by atoms with van der Waals surface area (Å²) in [7, 11) is 0. The number of amides is 1. The van der Waals surface area contributed by atoms with Gasteiger partial charge < -0.3 is 14.2 Å². The number of nitrogens with one attached hydrogen (secondary N) is 1. The molecule has 4 aromatic carbocycles. The van der Waals surface area contributed by atoms with Crippen molar-refractivity contribution >= 4 is 41.3 Å². The highest BCUT2D eigenvalue weighted by atomic mass is 35.5. The molecule has 0 fully saturated rings. The third-order valence-corrected chi connectivity index (χ3v) is 5.93. The minimum Gasteiger partial charge on any atom is -0.489 e. The van der Waals surface area contributed by atoms with E-state index in [1.54, 1.807) is 61.5 Å². The lowest BCUT2D eigenvalue weighted by atomic mass is 10.2. The fraction of sp³-hybridized carbons (Fsp3) is 0.100. The molecule has 1 atom stereocenters. The number of ether oxygens (including phenoxy) is 3. The maximum atomic E-state index is 12.4. The van der Waals surface area contributed by atoms with Gasteiger partial charge in [-0.15, -0.1) is 0 Å². The van der Waals surface area contributed by atoms with Gasteiger partial charge in [-0.1, -0.05) is 53.5 Å². The van der Waals surface area contributed by atoms with Gasteiger partial charge in [-0.2, -0.15) is 5.10 Å². The van der Waals surface area contributed by atoms with E-state index >= 15 is 0 Å². The zero-order valence-corrected chi connectivity index (χ0v) is 22.4. The molecule has 0 aliphatic carbocycles. The highest BCUT2D eigenvalue weighted by Crippen LogP contribution is 2.23. The third-order valence-electron chi connectivity index (χ3n) is 5.38. The maximum Gasteiger partial charge on any atom is 0.345 e. The lowest BCUT2D eigenvalue weighted by Gasteiger charge is -2.13. The number of hydrogen-bond donors (Lipinski definition) is 1. The van der Waals surface area contributed by atoms with Crippen molar-refractivity contribution in [3.8, 4) is 17.2 Å². The largest absolute Gasteiger partial charge is 0.489 e. The highest BCUT2D eigenvalue weighted by Gasteiger charge is 2.15. The summed E-state index contributed by atoms with van der Waals surface area (Å²) in [5.74, 6) is 0.529. The van der Waals surface area contributed by atoms with Crippen LogP contribution in [0.4, 0.5) is 0 Å². The second kappa shape index (κ2) is 13.5. The fourth-order valence-electron chi connectivity index (χ4n) is 3.31. The highest BCUT2D eigenvalue weighted by molar-refractivity contribution is 6.36. The molecule has 0 radical (unpaired) electrons. The average Bonchev–Trinajstić information content (AvgIpc) is 2.94. The summed E-state index contributed by atoms with van der Waals surface area (Å²) in [6.07, 6.45) is 0.685. The summed E-state index contributed by atoms with van der Waals surface area (Å²) in [6, 6.07) is 28.0. The van der Waals surface area contributed by atoms with Crippen molar-refractivity contribution in [2.45, 2.75) is 19.6 Å². The summed E-state index contributed by atoms with van der Waals surface area (Å²) < 4.78 is 16.8. The van der Waals surface area contributed by atoms with Gasteiger partial charge in [0.15, 0.2) is 6.10 Å². The van der Waals surface area contributed by atoms with Crippen molar-refractivity contribution < 1.29 is 23.8 Å². The molecule has 1 amide bonds. The fourth-order valence-corrected chi connectivity index (χ4v) is 3.80. The van der Waals surface area contributed by atoms with E-state index in [9.17, 15) is 9.59 Å². The van der Waals surface area contributed by atoms with Crippen LogP contribution >= 0.6 is 23.2 Å². The molecule has 1 unspecified atom stereocenters. The third kappa shape index (κ3) is 8.33. The van der Waals surface area contributed by atoms with Gasteiger partial charge in [-0.3, -0.25) is 4.79 Å². The van der Waals surface area contributed by atoms with Gasteiger partial charge in [0.25, 0.3) is 5.91 Å². The number of hydrazone groups is 1. The predicted octanol–water partition coefficient (Wildman–Crippen LogP) is 6.71. The van der Waals surface area contributed by atoms with Crippen LogP contribution in [0, 0.1) is 0 Å². The van der Waals surface area contributed by atoms with E-state index in [-0.39, 0.29) is 10.6 Å². The zero-order chi connectivity index (χ0) is 27.6. The quantitative estimate of drug-likeness (QED) is 0.100. The maximum absolute atomic E-state index is 12.4. The number of benzene rings is 4. The summed E-state index contributed by atoms with van der Waals surface area (Å²) in [5, 5.41) is 4.59. The predicted molar refractivity (Wildman–Crippen MR) is 151 cm³/mol. The number of nitrogens with zero attached hydrogens (tertiary/aromatic N) is 1. The molecule has 0 saturated heterocycles. The Hall–Kier alpha value is -4.33. The Morgan fingerprint density at radius 3 is 2.23 bits per heavy atom. The molecule has 0 aliphatic heterocycles. The molecular formula is C30H24Cl2N2O5. The molecule has 39 heavy (non-hydrogen) atoms. The van der Waals surface area contributed by atoms with Crippen LogP contribution in [0.3, 0.4) is 0 Å². The van der Waals surface area contributed by atoms with Gasteiger partial charge in [0.05, 0.1) is 16.8 Å². The van der Waals surface area contributed by atoms with Crippen LogP contribution in [-0.4, -0.2) is 24.2 Å². The molecule has 4 rings (SSSR count). The van der Waals surface area contributed by atoms with E-state index in [0.29, 0.717) is 34.4 Å². The first-order valence-electron chi connectivity index (χ1n) is 11.9. The Morgan fingerprint density at radius 2 is 1.54 bits per heavy atom. The minimum atomic E-state index is -0.778. The molecule has 0 heterocycles. The molecule has 0 saturated carbocycles. The summed E-state index contributed by atoms with van der Waals surface area (Å²) in [6.45, 7) is 2.09. The first-order chi connectivity index (χ1) is 18.9. The Labute approximate surface area is 235 Å². The Bertz CT molecular complexity index is 1440. The first-order valence-corrected chi connectivity index (χ1v) is 12.7. The normalized spacial score (nSPS) is 11.6. The lowest BCUT2D eigenvalue weighted by molar-refractivity contribution is -0.127. The van der Waals surface area contributed by atoms with Crippen LogP contribution in [-0.2, 0) is 11.4 Å². The van der Waals surface area contributed by atoms with Crippen molar-refractivity contribution in [2.24, 2.45) is 5.10 Å². The molecule has 9 heteroatoms. The summed E-state index contributed by atoms with van der Waals surface area (Å²) in [5.41, 5.74) is 4.41. The minimum absolute atomic E-state index is 0.204. The molecule has 0 bridgehead atoms. The van der Waals surface area contributed by atoms with E-state index in [2.05, 4.69) is 10.5 Å². The molecule has 0 spiro atoms. The van der Waals surface area contributed by atoms with E-state index in [0.717, 1.165) is 5.56 Å². The second-order valence-corrected chi connectivity index (χ2v) is 9.17. The number of carbonyl (C=O) groups excluding carboxylic acids is 2. The number of carbonyl (C=O) groups is 2. The smallest absolute Gasteiger partial charge is 0.345 e. The zero-order valence-electron chi connectivity index (χ0n) is 20.8. The monoisotopic (exact) mass is 562 g/mol. The van der Waals surface area contributed by atoms with Gasteiger partial charge in [0.1, 0.15) is 23.9 Å². The van der Waals surface area contributed by atoms with Crippen LogP contribution in [0.2, 0.25) is 10.0 Å². The van der Waals surface area contributed by atoms with E-state index in [4.69, 9.17) is 37.4 Å². The van der Waals surface area contributed by atoms with Crippen molar-refractivity contribution in [2.75, 3.05) is 0 Å². The second-order valence-electron chi connectivity index (χ2n) is 8.32. The molecule has 0 aromatic heterocycles. The lowest BCUT2D eigenvalue weighted by Crippen LogP contribution is -2.33. The number of halogens is 2. The molecule has 198 valence electrons. The Kier molecular flexibility index (Phi) is 9.56. The topological polar surface area (TPSA) is 86.2 Å². The van der Waals surface area contributed by atoms with E-state index in [1.807, 2.05) is 30.3 Å². The molecule has 7 nitrogen and oxygen atoms in total. The summed E-state index contributed by atoms with van der Waals surface area (Å²) in [4.78, 5) is 24.7. The van der Waals surface area contributed by atoms with Crippen LogP contribution in [0.15, 0.2) is 102 Å². The average molecular weight is 563 g/mol. The van der Waals surface area contributed by atoms with Crippen LogP contribution < -0.4 is 19.6 Å².